The van der Waals surface area contributed by atoms with E-state index < -0.39 is 0 Å². The van der Waals surface area contributed by atoms with Crippen molar-refractivity contribution in [3.8, 4) is 11.5 Å². The van der Waals surface area contributed by atoms with Gasteiger partial charge in [-0.2, -0.15) is 0 Å². The molecule has 0 bridgehead atoms. The number of nitrogens with one attached hydrogen (secondary N) is 1. The van der Waals surface area contributed by atoms with E-state index in [0.717, 1.165) is 41.5 Å². The minimum atomic E-state index is 0.322. The van der Waals surface area contributed by atoms with Crippen LogP contribution in [0.5, 0.6) is 0 Å². The molecule has 1 aliphatic carbocycles. The fourth-order valence-electron chi connectivity index (χ4n) is 3.68. The molecule has 1 saturated carbocycles. The van der Waals surface area contributed by atoms with Gasteiger partial charge in [-0.1, -0.05) is 18.2 Å². The van der Waals surface area contributed by atoms with Crippen molar-refractivity contribution in [2.45, 2.75) is 18.9 Å². The van der Waals surface area contributed by atoms with Crippen molar-refractivity contribution in [1.29, 1.82) is 0 Å². The van der Waals surface area contributed by atoms with Gasteiger partial charge < -0.3 is 10.1 Å². The molecular weight excluding hydrogens is 312 g/mol. The number of hydrogen-bond acceptors (Lipinski definition) is 5. The molecule has 0 radical (unpaired) electrons. The van der Waals surface area contributed by atoms with Gasteiger partial charge in [0.15, 0.2) is 5.82 Å². The summed E-state index contributed by atoms with van der Waals surface area (Å²) < 4.78 is 5.75. The largest absolute Gasteiger partial charge is 0.379 e. The highest BCUT2D eigenvalue weighted by molar-refractivity contribution is 5.90. The first-order chi connectivity index (χ1) is 12.4. The Morgan fingerprint density at radius 3 is 2.68 bits per heavy atom. The number of anilines is 1. The number of aromatic nitrogens is 3. The molecule has 2 aliphatic rings. The zero-order valence-corrected chi connectivity index (χ0v) is 13.9. The third-order valence-corrected chi connectivity index (χ3v) is 5.17. The van der Waals surface area contributed by atoms with Crippen LogP contribution in [0.2, 0.25) is 0 Å². The molecule has 3 aromatic rings. The third-order valence-electron chi connectivity index (χ3n) is 5.17. The first-order valence-corrected chi connectivity index (χ1v) is 8.91. The molecule has 0 spiro atoms. The van der Waals surface area contributed by atoms with Crippen molar-refractivity contribution in [3.63, 3.8) is 0 Å². The van der Waals surface area contributed by atoms with E-state index in [2.05, 4.69) is 16.4 Å². The Balaban J connectivity index is 1.56. The number of nitrogens with zero attached hydrogens (tertiary/aromatic N) is 3. The number of rotatable bonds is 4. The van der Waals surface area contributed by atoms with E-state index in [1.54, 1.807) is 6.20 Å². The lowest BCUT2D eigenvalue weighted by Crippen LogP contribution is -2.29. The van der Waals surface area contributed by atoms with E-state index in [1.807, 2.05) is 36.4 Å². The SMILES string of the molecule is c1ccc(-c2nc(NC3COCC3C3CC3)c3ccccc3n2)nc1. The molecular formula is C20H20N4O. The normalized spacial score (nSPS) is 23.0. The molecule has 2 aromatic heterocycles. The molecule has 1 N–H and O–H groups in total. The molecule has 5 nitrogen and oxygen atoms in total. The highest BCUT2D eigenvalue weighted by Crippen LogP contribution is 2.41. The van der Waals surface area contributed by atoms with Crippen LogP contribution in [0.1, 0.15) is 12.8 Å². The van der Waals surface area contributed by atoms with Crippen LogP contribution < -0.4 is 5.32 Å². The summed E-state index contributed by atoms with van der Waals surface area (Å²) in [6.45, 7) is 1.61. The van der Waals surface area contributed by atoms with Crippen molar-refractivity contribution >= 4 is 16.7 Å². The molecule has 0 amide bonds. The maximum atomic E-state index is 5.75. The zero-order valence-electron chi connectivity index (χ0n) is 13.9. The van der Waals surface area contributed by atoms with Crippen molar-refractivity contribution in [3.05, 3.63) is 48.7 Å². The standard InChI is InChI=1S/C20H20N4O/c1-2-6-16-14(5-1)19(23-18-12-25-11-15(18)13-8-9-13)24-20(22-16)17-7-3-4-10-21-17/h1-7,10,13,15,18H,8-9,11-12H2,(H,22,23,24). The summed E-state index contributed by atoms with van der Waals surface area (Å²) in [4.78, 5) is 13.9. The average Bonchev–Trinajstić information content (AvgIpc) is 3.41. The number of para-hydroxylation sites is 1. The van der Waals surface area contributed by atoms with E-state index in [-0.39, 0.29) is 0 Å². The topological polar surface area (TPSA) is 59.9 Å². The molecule has 126 valence electrons. The molecule has 2 unspecified atom stereocenters. The van der Waals surface area contributed by atoms with Gasteiger partial charge in [0, 0.05) is 17.5 Å². The summed E-state index contributed by atoms with van der Waals surface area (Å²) in [6, 6.07) is 14.3. The maximum absolute atomic E-state index is 5.75. The van der Waals surface area contributed by atoms with E-state index >= 15 is 0 Å². The lowest BCUT2D eigenvalue weighted by molar-refractivity contribution is 0.181. The minimum Gasteiger partial charge on any atom is -0.379 e. The van der Waals surface area contributed by atoms with Gasteiger partial charge in [-0.25, -0.2) is 9.97 Å². The van der Waals surface area contributed by atoms with Crippen LogP contribution in [0.25, 0.3) is 22.4 Å². The molecule has 1 aliphatic heterocycles. The molecule has 5 heteroatoms. The molecule has 5 rings (SSSR count). The molecule has 1 aromatic carbocycles. The van der Waals surface area contributed by atoms with Crippen LogP contribution in [-0.2, 0) is 4.74 Å². The first kappa shape index (κ1) is 14.8. The Hall–Kier alpha value is -2.53. The van der Waals surface area contributed by atoms with Gasteiger partial charge in [-0.15, -0.1) is 0 Å². The third kappa shape index (κ3) is 2.85. The molecule has 1 saturated heterocycles. The van der Waals surface area contributed by atoms with Crippen LogP contribution in [0.3, 0.4) is 0 Å². The highest BCUT2D eigenvalue weighted by Gasteiger charge is 2.40. The lowest BCUT2D eigenvalue weighted by Gasteiger charge is -2.20. The summed E-state index contributed by atoms with van der Waals surface area (Å²) in [6.07, 6.45) is 4.43. The molecule has 2 atom stereocenters. The lowest BCUT2D eigenvalue weighted by atomic mass is 9.98. The molecule has 25 heavy (non-hydrogen) atoms. The van der Waals surface area contributed by atoms with Crippen LogP contribution in [0.4, 0.5) is 5.82 Å². The summed E-state index contributed by atoms with van der Waals surface area (Å²) >= 11 is 0. The smallest absolute Gasteiger partial charge is 0.180 e. The van der Waals surface area contributed by atoms with Gasteiger partial charge in [-0.05, 0) is 43.0 Å². The van der Waals surface area contributed by atoms with Gasteiger partial charge in [0.25, 0.3) is 0 Å². The molecule has 2 fully saturated rings. The number of fused-ring (bicyclic) bond motifs is 1. The van der Waals surface area contributed by atoms with E-state index in [0.29, 0.717) is 17.8 Å². The zero-order chi connectivity index (χ0) is 16.6. The maximum Gasteiger partial charge on any atom is 0.180 e. The van der Waals surface area contributed by atoms with Crippen LogP contribution in [0, 0.1) is 11.8 Å². The Bertz CT molecular complexity index is 895. The second-order valence-electron chi connectivity index (χ2n) is 6.92. The quantitative estimate of drug-likeness (QED) is 0.792. The van der Waals surface area contributed by atoms with Crippen molar-refractivity contribution < 1.29 is 4.74 Å². The molecule has 3 heterocycles. The fraction of sp³-hybridized carbons (Fsp3) is 0.350. The van der Waals surface area contributed by atoms with Crippen LogP contribution in [0.15, 0.2) is 48.7 Å². The van der Waals surface area contributed by atoms with Crippen LogP contribution >= 0.6 is 0 Å². The predicted molar refractivity (Wildman–Crippen MR) is 97.2 cm³/mol. The Morgan fingerprint density at radius 1 is 0.960 bits per heavy atom. The highest BCUT2D eigenvalue weighted by atomic mass is 16.5. The summed E-state index contributed by atoms with van der Waals surface area (Å²) in [5.41, 5.74) is 1.72. The van der Waals surface area contributed by atoms with Gasteiger partial charge in [-0.3, -0.25) is 4.98 Å². The number of ether oxygens (including phenoxy) is 1. The summed E-state index contributed by atoms with van der Waals surface area (Å²) in [5.74, 6) is 2.94. The van der Waals surface area contributed by atoms with Gasteiger partial charge in [0.05, 0.1) is 24.8 Å². The second-order valence-corrected chi connectivity index (χ2v) is 6.92. The number of pyridine rings is 1. The Morgan fingerprint density at radius 2 is 1.84 bits per heavy atom. The van der Waals surface area contributed by atoms with Crippen LogP contribution in [-0.4, -0.2) is 34.2 Å². The van der Waals surface area contributed by atoms with Crippen molar-refractivity contribution in [2.75, 3.05) is 18.5 Å². The summed E-state index contributed by atoms with van der Waals surface area (Å²) in [5, 5.41) is 4.71. The average molecular weight is 332 g/mol. The van der Waals surface area contributed by atoms with E-state index in [9.17, 15) is 0 Å². The minimum absolute atomic E-state index is 0.322. The Kier molecular flexibility index (Phi) is 3.59. The van der Waals surface area contributed by atoms with E-state index in [1.165, 1.54) is 12.8 Å². The van der Waals surface area contributed by atoms with Crippen molar-refractivity contribution in [1.82, 2.24) is 15.0 Å². The monoisotopic (exact) mass is 332 g/mol. The first-order valence-electron chi connectivity index (χ1n) is 8.91. The van der Waals surface area contributed by atoms with Crippen molar-refractivity contribution in [2.24, 2.45) is 11.8 Å². The number of hydrogen-bond donors (Lipinski definition) is 1. The fourth-order valence-corrected chi connectivity index (χ4v) is 3.68. The number of benzene rings is 1. The van der Waals surface area contributed by atoms with Gasteiger partial charge in [0.1, 0.15) is 11.5 Å². The summed E-state index contributed by atoms with van der Waals surface area (Å²) in [7, 11) is 0. The van der Waals surface area contributed by atoms with E-state index in [4.69, 9.17) is 14.7 Å². The van der Waals surface area contributed by atoms with Gasteiger partial charge in [0.2, 0.25) is 0 Å². The second kappa shape index (κ2) is 6.08. The Labute approximate surface area is 146 Å². The predicted octanol–water partition coefficient (Wildman–Crippen LogP) is 3.53. The van der Waals surface area contributed by atoms with Gasteiger partial charge >= 0.3 is 0 Å².